The maximum absolute atomic E-state index is 10.9. The third-order valence-electron chi connectivity index (χ3n) is 1.50. The Bertz CT molecular complexity index is 357. The molecular formula is C8H9BrN2O2S. The summed E-state index contributed by atoms with van der Waals surface area (Å²) in [6.07, 6.45) is 2.98. The van der Waals surface area contributed by atoms with Gasteiger partial charge in [-0.1, -0.05) is 11.8 Å². The first-order valence-electron chi connectivity index (χ1n) is 3.81. The number of aliphatic carboxylic acids is 1. The lowest BCUT2D eigenvalue weighted by Gasteiger charge is -2.17. The molecule has 0 atom stereocenters. The second-order valence-electron chi connectivity index (χ2n) is 3.09. The molecule has 0 fully saturated rings. The number of hydrogen-bond donors (Lipinski definition) is 1. The predicted octanol–water partition coefficient (Wildman–Crippen LogP) is 2.19. The van der Waals surface area contributed by atoms with Gasteiger partial charge in [0, 0.05) is 6.20 Å². The van der Waals surface area contributed by atoms with E-state index < -0.39 is 10.7 Å². The molecule has 0 unspecified atom stereocenters. The fraction of sp³-hybridized carbons (Fsp3) is 0.375. The van der Waals surface area contributed by atoms with Crippen LogP contribution in [-0.4, -0.2) is 25.8 Å². The number of halogens is 1. The van der Waals surface area contributed by atoms with Crippen LogP contribution in [0.4, 0.5) is 0 Å². The lowest BCUT2D eigenvalue weighted by Crippen LogP contribution is -2.27. The zero-order valence-electron chi connectivity index (χ0n) is 7.69. The molecule has 0 radical (unpaired) electrons. The lowest BCUT2D eigenvalue weighted by molar-refractivity contribution is -0.138. The molecule has 1 rings (SSSR count). The number of nitrogens with zero attached hydrogens (tertiary/aromatic N) is 2. The second-order valence-corrected chi connectivity index (χ2v) is 5.56. The smallest absolute Gasteiger partial charge is 0.319 e. The average molecular weight is 277 g/mol. The second kappa shape index (κ2) is 4.27. The number of rotatable bonds is 3. The summed E-state index contributed by atoms with van der Waals surface area (Å²) in [5.74, 6) is -0.868. The highest BCUT2D eigenvalue weighted by Gasteiger charge is 2.29. The van der Waals surface area contributed by atoms with Gasteiger partial charge in [-0.25, -0.2) is 9.97 Å². The van der Waals surface area contributed by atoms with E-state index in [-0.39, 0.29) is 0 Å². The summed E-state index contributed by atoms with van der Waals surface area (Å²) in [6.45, 7) is 3.27. The number of hydrogen-bond acceptors (Lipinski definition) is 4. The van der Waals surface area contributed by atoms with E-state index in [9.17, 15) is 4.79 Å². The standard InChI is InChI=1S/C8H9BrN2O2S/c1-8(2,7(12)13)14-6-5(9)3-10-4-11-6/h3-4H,1-2H3,(H,12,13). The van der Waals surface area contributed by atoms with Crippen LogP contribution in [0.5, 0.6) is 0 Å². The first-order chi connectivity index (χ1) is 6.43. The van der Waals surface area contributed by atoms with Gasteiger partial charge in [0.15, 0.2) is 0 Å². The summed E-state index contributed by atoms with van der Waals surface area (Å²) >= 11 is 4.44. The Morgan fingerprint density at radius 1 is 1.64 bits per heavy atom. The van der Waals surface area contributed by atoms with Gasteiger partial charge < -0.3 is 5.11 Å². The molecule has 0 amide bonds. The predicted molar refractivity (Wildman–Crippen MR) is 57.3 cm³/mol. The summed E-state index contributed by atoms with van der Waals surface area (Å²) in [4.78, 5) is 18.6. The Labute approximate surface area is 94.3 Å². The molecule has 76 valence electrons. The zero-order chi connectivity index (χ0) is 10.8. The molecule has 1 aromatic rings. The molecule has 0 aromatic carbocycles. The van der Waals surface area contributed by atoms with Gasteiger partial charge >= 0.3 is 5.97 Å². The van der Waals surface area contributed by atoms with E-state index in [4.69, 9.17) is 5.11 Å². The quantitative estimate of drug-likeness (QED) is 0.677. The van der Waals surface area contributed by atoms with Crippen LogP contribution in [0.2, 0.25) is 0 Å². The Kier molecular flexibility index (Phi) is 3.49. The van der Waals surface area contributed by atoms with Crippen molar-refractivity contribution in [1.82, 2.24) is 9.97 Å². The van der Waals surface area contributed by atoms with E-state index in [1.807, 2.05) is 0 Å². The zero-order valence-corrected chi connectivity index (χ0v) is 10.1. The van der Waals surface area contributed by atoms with Crippen LogP contribution < -0.4 is 0 Å². The average Bonchev–Trinajstić information content (AvgIpc) is 2.08. The van der Waals surface area contributed by atoms with Crippen molar-refractivity contribution in [1.29, 1.82) is 0 Å². The van der Waals surface area contributed by atoms with Gasteiger partial charge in [0.2, 0.25) is 0 Å². The fourth-order valence-corrected chi connectivity index (χ4v) is 1.95. The number of aromatic nitrogens is 2. The molecule has 0 bridgehead atoms. The van der Waals surface area contributed by atoms with Crippen molar-refractivity contribution in [2.45, 2.75) is 23.6 Å². The van der Waals surface area contributed by atoms with Crippen molar-refractivity contribution in [3.05, 3.63) is 17.0 Å². The molecule has 0 aliphatic carbocycles. The van der Waals surface area contributed by atoms with Gasteiger partial charge in [0.25, 0.3) is 0 Å². The van der Waals surface area contributed by atoms with Gasteiger partial charge in [0.05, 0.1) is 4.47 Å². The Balaban J connectivity index is 2.89. The van der Waals surface area contributed by atoms with E-state index >= 15 is 0 Å². The maximum Gasteiger partial charge on any atom is 0.319 e. The third-order valence-corrected chi connectivity index (χ3v) is 3.55. The van der Waals surface area contributed by atoms with Crippen LogP contribution in [0.3, 0.4) is 0 Å². The first-order valence-corrected chi connectivity index (χ1v) is 5.42. The molecule has 0 saturated heterocycles. The molecular weight excluding hydrogens is 268 g/mol. The van der Waals surface area contributed by atoms with E-state index in [0.29, 0.717) is 9.50 Å². The SMILES string of the molecule is CC(C)(Sc1ncncc1Br)C(=O)O. The molecule has 0 aliphatic heterocycles. The van der Waals surface area contributed by atoms with Crippen LogP contribution in [0, 0.1) is 0 Å². The summed E-state index contributed by atoms with van der Waals surface area (Å²) in [7, 11) is 0. The Morgan fingerprint density at radius 3 is 2.79 bits per heavy atom. The van der Waals surface area contributed by atoms with Gasteiger partial charge in [-0.2, -0.15) is 0 Å². The monoisotopic (exact) mass is 276 g/mol. The molecule has 0 saturated carbocycles. The molecule has 4 nitrogen and oxygen atoms in total. The number of carbonyl (C=O) groups is 1. The summed E-state index contributed by atoms with van der Waals surface area (Å²) in [5.41, 5.74) is 0. The van der Waals surface area contributed by atoms with Crippen molar-refractivity contribution in [2.75, 3.05) is 0 Å². The van der Waals surface area contributed by atoms with Crippen molar-refractivity contribution in [2.24, 2.45) is 0 Å². The first kappa shape index (κ1) is 11.5. The van der Waals surface area contributed by atoms with Crippen molar-refractivity contribution < 1.29 is 9.90 Å². The highest BCUT2D eigenvalue weighted by atomic mass is 79.9. The molecule has 1 heterocycles. The van der Waals surface area contributed by atoms with Crippen LogP contribution in [0.25, 0.3) is 0 Å². The summed E-state index contributed by atoms with van der Waals surface area (Å²) in [5, 5.41) is 9.55. The van der Waals surface area contributed by atoms with E-state index in [1.165, 1.54) is 18.1 Å². The molecule has 0 aliphatic rings. The topological polar surface area (TPSA) is 63.1 Å². The lowest BCUT2D eigenvalue weighted by atomic mass is 10.2. The van der Waals surface area contributed by atoms with Crippen LogP contribution in [-0.2, 0) is 4.79 Å². The van der Waals surface area contributed by atoms with Crippen LogP contribution in [0.1, 0.15) is 13.8 Å². The normalized spacial score (nSPS) is 11.4. The largest absolute Gasteiger partial charge is 0.480 e. The number of carboxylic acids is 1. The fourth-order valence-electron chi connectivity index (χ4n) is 0.662. The van der Waals surface area contributed by atoms with E-state index in [0.717, 1.165) is 0 Å². The van der Waals surface area contributed by atoms with Crippen molar-refractivity contribution in [3.63, 3.8) is 0 Å². The maximum atomic E-state index is 10.9. The molecule has 1 aromatic heterocycles. The van der Waals surface area contributed by atoms with E-state index in [2.05, 4.69) is 25.9 Å². The molecule has 1 N–H and O–H groups in total. The third kappa shape index (κ3) is 2.68. The van der Waals surface area contributed by atoms with Gasteiger partial charge in [-0.3, -0.25) is 4.79 Å². The minimum Gasteiger partial charge on any atom is -0.480 e. The van der Waals surface area contributed by atoms with Crippen molar-refractivity contribution in [3.8, 4) is 0 Å². The highest BCUT2D eigenvalue weighted by molar-refractivity contribution is 9.10. The van der Waals surface area contributed by atoms with E-state index in [1.54, 1.807) is 20.0 Å². The number of thioether (sulfide) groups is 1. The van der Waals surface area contributed by atoms with Gasteiger partial charge in [0.1, 0.15) is 16.1 Å². The van der Waals surface area contributed by atoms with Gasteiger partial charge in [-0.15, -0.1) is 0 Å². The Morgan fingerprint density at radius 2 is 2.29 bits per heavy atom. The molecule has 14 heavy (non-hydrogen) atoms. The Hall–Kier alpha value is -0.620. The van der Waals surface area contributed by atoms with Gasteiger partial charge in [-0.05, 0) is 29.8 Å². The minimum absolute atomic E-state index is 0.632. The molecule has 0 spiro atoms. The van der Waals surface area contributed by atoms with Crippen LogP contribution >= 0.6 is 27.7 Å². The number of carboxylic acid groups (broad SMARTS) is 1. The summed E-state index contributed by atoms with van der Waals surface area (Å²) in [6, 6.07) is 0. The highest BCUT2D eigenvalue weighted by Crippen LogP contribution is 2.34. The van der Waals surface area contributed by atoms with Crippen molar-refractivity contribution >= 4 is 33.7 Å². The summed E-state index contributed by atoms with van der Waals surface area (Å²) < 4.78 is -0.184. The van der Waals surface area contributed by atoms with Crippen LogP contribution in [0.15, 0.2) is 22.0 Å². The molecule has 6 heteroatoms. The minimum atomic E-state index is -0.892.